The predicted octanol–water partition coefficient (Wildman–Crippen LogP) is 1.61. The summed E-state index contributed by atoms with van der Waals surface area (Å²) in [6.45, 7) is 4.60. The fraction of sp³-hybridized carbons (Fsp3) is 0.357. The maximum atomic E-state index is 11.6. The van der Waals surface area contributed by atoms with Crippen molar-refractivity contribution in [1.29, 1.82) is 0 Å². The molecule has 90 valence electrons. The molecule has 2 N–H and O–H groups in total. The third-order valence-electron chi connectivity index (χ3n) is 3.00. The SMILES string of the molecule is C=C1CCC(NCCc2ccccc2)C(=O)N1. The molecule has 1 heterocycles. The van der Waals surface area contributed by atoms with Crippen molar-refractivity contribution in [2.45, 2.75) is 25.3 Å². The molecule has 1 unspecified atom stereocenters. The highest BCUT2D eigenvalue weighted by molar-refractivity contribution is 5.84. The number of piperidine rings is 1. The zero-order valence-electron chi connectivity index (χ0n) is 9.91. The lowest BCUT2D eigenvalue weighted by atomic mass is 10.0. The molecule has 0 saturated carbocycles. The fourth-order valence-corrected chi connectivity index (χ4v) is 2.00. The molecule has 1 fully saturated rings. The Kier molecular flexibility index (Phi) is 3.94. The van der Waals surface area contributed by atoms with Crippen LogP contribution < -0.4 is 10.6 Å². The van der Waals surface area contributed by atoms with Crippen molar-refractivity contribution in [3.05, 3.63) is 48.2 Å². The summed E-state index contributed by atoms with van der Waals surface area (Å²) in [4.78, 5) is 11.6. The van der Waals surface area contributed by atoms with Crippen LogP contribution in [0.25, 0.3) is 0 Å². The molecule has 0 radical (unpaired) electrons. The summed E-state index contributed by atoms with van der Waals surface area (Å²) >= 11 is 0. The zero-order chi connectivity index (χ0) is 12.1. The molecule has 1 saturated heterocycles. The summed E-state index contributed by atoms with van der Waals surface area (Å²) < 4.78 is 0. The zero-order valence-corrected chi connectivity index (χ0v) is 9.91. The van der Waals surface area contributed by atoms with E-state index in [1.54, 1.807) is 0 Å². The van der Waals surface area contributed by atoms with Crippen LogP contribution in [0, 0.1) is 0 Å². The molecule has 2 rings (SSSR count). The van der Waals surface area contributed by atoms with Gasteiger partial charge < -0.3 is 10.6 Å². The van der Waals surface area contributed by atoms with Gasteiger partial charge in [-0.15, -0.1) is 0 Å². The largest absolute Gasteiger partial charge is 0.329 e. The first kappa shape index (κ1) is 11.9. The van der Waals surface area contributed by atoms with E-state index in [-0.39, 0.29) is 11.9 Å². The lowest BCUT2D eigenvalue weighted by Gasteiger charge is -2.24. The van der Waals surface area contributed by atoms with Gasteiger partial charge in [-0.1, -0.05) is 36.9 Å². The van der Waals surface area contributed by atoms with Gasteiger partial charge in [0.15, 0.2) is 0 Å². The highest BCUT2D eigenvalue weighted by atomic mass is 16.2. The number of carbonyl (C=O) groups excluding carboxylic acids is 1. The van der Waals surface area contributed by atoms with E-state index in [4.69, 9.17) is 0 Å². The molecule has 1 aliphatic rings. The maximum absolute atomic E-state index is 11.6. The molecule has 17 heavy (non-hydrogen) atoms. The van der Waals surface area contributed by atoms with E-state index in [0.29, 0.717) is 0 Å². The molecule has 1 amide bonds. The van der Waals surface area contributed by atoms with Gasteiger partial charge in [0.05, 0.1) is 6.04 Å². The molecule has 0 bridgehead atoms. The van der Waals surface area contributed by atoms with Gasteiger partial charge in [-0.25, -0.2) is 0 Å². The Hall–Kier alpha value is -1.61. The molecule has 1 aromatic rings. The van der Waals surface area contributed by atoms with Crippen LogP contribution in [-0.2, 0) is 11.2 Å². The maximum Gasteiger partial charge on any atom is 0.241 e. The second-order valence-electron chi connectivity index (χ2n) is 4.37. The predicted molar refractivity (Wildman–Crippen MR) is 68.5 cm³/mol. The topological polar surface area (TPSA) is 41.1 Å². The first-order valence-corrected chi connectivity index (χ1v) is 6.01. The number of rotatable bonds is 4. The molecule has 3 heteroatoms. The smallest absolute Gasteiger partial charge is 0.241 e. The minimum atomic E-state index is -0.0655. The average Bonchev–Trinajstić information content (AvgIpc) is 2.33. The summed E-state index contributed by atoms with van der Waals surface area (Å²) in [6, 6.07) is 10.2. The normalized spacial score (nSPS) is 20.1. The van der Waals surface area contributed by atoms with Gasteiger partial charge in [-0.2, -0.15) is 0 Å². The van der Waals surface area contributed by atoms with Crippen LogP contribution in [-0.4, -0.2) is 18.5 Å². The van der Waals surface area contributed by atoms with Crippen molar-refractivity contribution in [3.8, 4) is 0 Å². The van der Waals surface area contributed by atoms with E-state index >= 15 is 0 Å². The minimum absolute atomic E-state index is 0.0503. The van der Waals surface area contributed by atoms with Crippen LogP contribution in [0.5, 0.6) is 0 Å². The number of amides is 1. The van der Waals surface area contributed by atoms with Gasteiger partial charge in [0.2, 0.25) is 5.91 Å². The highest BCUT2D eigenvalue weighted by Crippen LogP contribution is 2.10. The summed E-state index contributed by atoms with van der Waals surface area (Å²) in [7, 11) is 0. The Morgan fingerprint density at radius 2 is 2.12 bits per heavy atom. The summed E-state index contributed by atoms with van der Waals surface area (Å²) in [5.41, 5.74) is 2.12. The van der Waals surface area contributed by atoms with E-state index in [1.807, 2.05) is 18.2 Å². The summed E-state index contributed by atoms with van der Waals surface area (Å²) in [6.07, 6.45) is 2.67. The van der Waals surface area contributed by atoms with Gasteiger partial charge in [0.1, 0.15) is 0 Å². The number of allylic oxidation sites excluding steroid dienone is 1. The van der Waals surface area contributed by atoms with Crippen molar-refractivity contribution in [3.63, 3.8) is 0 Å². The van der Waals surface area contributed by atoms with Gasteiger partial charge in [-0.3, -0.25) is 4.79 Å². The van der Waals surface area contributed by atoms with E-state index in [2.05, 4.69) is 29.3 Å². The van der Waals surface area contributed by atoms with Crippen LogP contribution in [0.2, 0.25) is 0 Å². The van der Waals surface area contributed by atoms with Crippen LogP contribution in [0.1, 0.15) is 18.4 Å². The van der Waals surface area contributed by atoms with Crippen molar-refractivity contribution >= 4 is 5.91 Å². The van der Waals surface area contributed by atoms with Gasteiger partial charge in [0, 0.05) is 5.70 Å². The lowest BCUT2D eigenvalue weighted by molar-refractivity contribution is -0.123. The molecule has 1 aliphatic heterocycles. The standard InChI is InChI=1S/C14H18N2O/c1-11-7-8-13(14(17)16-11)15-10-9-12-5-3-2-4-6-12/h2-6,13,15H,1,7-10H2,(H,16,17). The van der Waals surface area contributed by atoms with Crippen LogP contribution in [0.4, 0.5) is 0 Å². The molecule has 1 atom stereocenters. The summed E-state index contributed by atoms with van der Waals surface area (Å²) in [5, 5.41) is 6.07. The van der Waals surface area contributed by atoms with Crippen molar-refractivity contribution in [2.75, 3.05) is 6.54 Å². The first-order valence-electron chi connectivity index (χ1n) is 6.01. The quantitative estimate of drug-likeness (QED) is 0.825. The number of carbonyl (C=O) groups is 1. The second-order valence-corrected chi connectivity index (χ2v) is 4.37. The van der Waals surface area contributed by atoms with Crippen LogP contribution in [0.3, 0.4) is 0 Å². The third-order valence-corrected chi connectivity index (χ3v) is 3.00. The number of nitrogens with one attached hydrogen (secondary N) is 2. The Morgan fingerprint density at radius 3 is 2.82 bits per heavy atom. The van der Waals surface area contributed by atoms with E-state index in [9.17, 15) is 4.79 Å². The van der Waals surface area contributed by atoms with E-state index in [1.165, 1.54) is 5.56 Å². The molecular formula is C14H18N2O. The monoisotopic (exact) mass is 230 g/mol. The van der Waals surface area contributed by atoms with Gasteiger partial charge >= 0.3 is 0 Å². The Labute approximate surface area is 102 Å². The minimum Gasteiger partial charge on any atom is -0.329 e. The summed E-state index contributed by atoms with van der Waals surface area (Å²) in [5.74, 6) is 0.0503. The molecule has 1 aromatic carbocycles. The molecule has 0 aromatic heterocycles. The van der Waals surface area contributed by atoms with Crippen molar-refractivity contribution in [2.24, 2.45) is 0 Å². The third kappa shape index (κ3) is 3.43. The van der Waals surface area contributed by atoms with E-state index in [0.717, 1.165) is 31.5 Å². The number of hydrogen-bond donors (Lipinski definition) is 2. The second kappa shape index (κ2) is 5.64. The van der Waals surface area contributed by atoms with Gasteiger partial charge in [0.25, 0.3) is 0 Å². The molecule has 3 nitrogen and oxygen atoms in total. The molecule has 0 spiro atoms. The van der Waals surface area contributed by atoms with Crippen molar-refractivity contribution < 1.29 is 4.79 Å². The number of benzene rings is 1. The first-order chi connectivity index (χ1) is 8.25. The Bertz CT molecular complexity index is 400. The van der Waals surface area contributed by atoms with Crippen LogP contribution >= 0.6 is 0 Å². The molecule has 0 aliphatic carbocycles. The fourth-order valence-electron chi connectivity index (χ4n) is 2.00. The van der Waals surface area contributed by atoms with Gasteiger partial charge in [-0.05, 0) is 31.4 Å². The highest BCUT2D eigenvalue weighted by Gasteiger charge is 2.22. The van der Waals surface area contributed by atoms with Crippen molar-refractivity contribution in [1.82, 2.24) is 10.6 Å². The lowest BCUT2D eigenvalue weighted by Crippen LogP contribution is -2.47. The Morgan fingerprint density at radius 1 is 1.35 bits per heavy atom. The average molecular weight is 230 g/mol. The van der Waals surface area contributed by atoms with E-state index < -0.39 is 0 Å². The Balaban J connectivity index is 1.75. The number of hydrogen-bond acceptors (Lipinski definition) is 2. The van der Waals surface area contributed by atoms with Crippen LogP contribution in [0.15, 0.2) is 42.6 Å². The molecular weight excluding hydrogens is 212 g/mol.